The number of nitrogens with zero attached hydrogens (tertiary/aromatic N) is 2. The number of aryl methyl sites for hydroxylation is 1. The zero-order chi connectivity index (χ0) is 13.8. The molecule has 2 rings (SSSR count). The molecule has 0 saturated carbocycles. The van der Waals surface area contributed by atoms with E-state index < -0.39 is 0 Å². The molecule has 100 valence electrons. The van der Waals surface area contributed by atoms with Crippen LogP contribution in [-0.2, 0) is 19.6 Å². The molecule has 0 spiro atoms. The second-order valence-electron chi connectivity index (χ2n) is 4.25. The number of hydrogen-bond donors (Lipinski definition) is 1. The maximum atomic E-state index is 11.9. The van der Waals surface area contributed by atoms with E-state index in [1.54, 1.807) is 4.57 Å². The van der Waals surface area contributed by atoms with Crippen LogP contribution in [0.3, 0.4) is 0 Å². The molecule has 0 aliphatic heterocycles. The summed E-state index contributed by atoms with van der Waals surface area (Å²) in [6.45, 7) is 2.41. The van der Waals surface area contributed by atoms with Crippen molar-refractivity contribution >= 4 is 11.6 Å². The second kappa shape index (κ2) is 5.99. The zero-order valence-corrected chi connectivity index (χ0v) is 11.4. The first-order valence-electron chi connectivity index (χ1n) is 6.09. The van der Waals surface area contributed by atoms with Crippen LogP contribution in [0.25, 0.3) is 0 Å². The average Bonchev–Trinajstić information content (AvgIpc) is 2.42. The lowest BCUT2D eigenvalue weighted by atomic mass is 10.1. The highest BCUT2D eigenvalue weighted by atomic mass is 35.5. The molecule has 4 nitrogen and oxygen atoms in total. The molecule has 0 unspecified atom stereocenters. The maximum absolute atomic E-state index is 11.9. The maximum Gasteiger partial charge on any atom is 0.255 e. The van der Waals surface area contributed by atoms with Gasteiger partial charge in [0, 0.05) is 12.5 Å². The summed E-state index contributed by atoms with van der Waals surface area (Å²) in [7, 11) is 0. The molecule has 2 aromatic rings. The Morgan fingerprint density at radius 3 is 2.47 bits per heavy atom. The first-order valence-corrected chi connectivity index (χ1v) is 6.46. The minimum absolute atomic E-state index is 0.0168. The lowest BCUT2D eigenvalue weighted by Gasteiger charge is -2.11. The molecular weight excluding hydrogens is 264 g/mol. The third-order valence-corrected chi connectivity index (χ3v) is 3.11. The number of halogens is 1. The molecule has 1 heterocycles. The van der Waals surface area contributed by atoms with Gasteiger partial charge >= 0.3 is 0 Å². The lowest BCUT2D eigenvalue weighted by Crippen LogP contribution is -2.24. The van der Waals surface area contributed by atoms with Crippen molar-refractivity contribution < 1.29 is 5.11 Å². The van der Waals surface area contributed by atoms with Gasteiger partial charge in [-0.3, -0.25) is 9.36 Å². The normalized spacial score (nSPS) is 10.7. The smallest absolute Gasteiger partial charge is 0.255 e. The molecule has 5 heteroatoms. The van der Waals surface area contributed by atoms with E-state index in [1.165, 1.54) is 6.07 Å². The highest BCUT2D eigenvalue weighted by Gasteiger charge is 2.07. The minimum atomic E-state index is -0.150. The Hall–Kier alpha value is -1.65. The summed E-state index contributed by atoms with van der Waals surface area (Å²) in [5, 5.41) is 9.23. The summed E-state index contributed by atoms with van der Waals surface area (Å²) >= 11 is 5.79. The van der Waals surface area contributed by atoms with Gasteiger partial charge in [-0.2, -0.15) is 0 Å². The number of aliphatic hydroxyl groups excluding tert-OH is 1. The molecule has 0 aliphatic rings. The van der Waals surface area contributed by atoms with Crippen LogP contribution in [0.4, 0.5) is 0 Å². The SMILES string of the molecule is CCc1nc(Cl)cc(=O)n1Cc1ccc(CO)cc1. The van der Waals surface area contributed by atoms with Gasteiger partial charge < -0.3 is 5.11 Å². The molecule has 1 N–H and O–H groups in total. The fourth-order valence-electron chi connectivity index (χ4n) is 1.89. The Morgan fingerprint density at radius 1 is 1.26 bits per heavy atom. The Kier molecular flexibility index (Phi) is 4.35. The van der Waals surface area contributed by atoms with Crippen molar-refractivity contribution in [2.24, 2.45) is 0 Å². The summed E-state index contributed by atoms with van der Waals surface area (Å²) in [5.41, 5.74) is 1.68. The largest absolute Gasteiger partial charge is 0.392 e. The summed E-state index contributed by atoms with van der Waals surface area (Å²) in [5.74, 6) is 0.670. The lowest BCUT2D eigenvalue weighted by molar-refractivity contribution is 0.282. The van der Waals surface area contributed by atoms with Crippen LogP contribution in [0.1, 0.15) is 23.9 Å². The third kappa shape index (κ3) is 3.22. The Bertz CT molecular complexity index is 620. The van der Waals surface area contributed by atoms with Crippen LogP contribution in [0.15, 0.2) is 35.1 Å². The Labute approximate surface area is 116 Å². The molecule has 0 saturated heterocycles. The second-order valence-corrected chi connectivity index (χ2v) is 4.63. The van der Waals surface area contributed by atoms with Crippen LogP contribution in [-0.4, -0.2) is 14.7 Å². The molecule has 0 amide bonds. The van der Waals surface area contributed by atoms with Crippen LogP contribution < -0.4 is 5.56 Å². The van der Waals surface area contributed by atoms with Gasteiger partial charge in [0.1, 0.15) is 11.0 Å². The van der Waals surface area contributed by atoms with Crippen LogP contribution >= 0.6 is 11.6 Å². The molecule has 0 radical (unpaired) electrons. The van der Waals surface area contributed by atoms with E-state index in [2.05, 4.69) is 4.98 Å². The van der Waals surface area contributed by atoms with Crippen molar-refractivity contribution in [2.45, 2.75) is 26.5 Å². The highest BCUT2D eigenvalue weighted by Crippen LogP contribution is 2.08. The van der Waals surface area contributed by atoms with Gasteiger partial charge in [0.2, 0.25) is 0 Å². The molecule has 0 fully saturated rings. The van der Waals surface area contributed by atoms with Gasteiger partial charge in [0.15, 0.2) is 0 Å². The Balaban J connectivity index is 2.34. The highest BCUT2D eigenvalue weighted by molar-refractivity contribution is 6.29. The quantitative estimate of drug-likeness (QED) is 0.871. The Morgan fingerprint density at radius 2 is 1.89 bits per heavy atom. The van der Waals surface area contributed by atoms with Crippen LogP contribution in [0.5, 0.6) is 0 Å². The predicted octanol–water partition coefficient (Wildman–Crippen LogP) is 2.00. The topological polar surface area (TPSA) is 55.1 Å². The van der Waals surface area contributed by atoms with Crippen molar-refractivity contribution in [3.63, 3.8) is 0 Å². The van der Waals surface area contributed by atoms with E-state index >= 15 is 0 Å². The molecule has 0 bridgehead atoms. The molecule has 0 aliphatic carbocycles. The van der Waals surface area contributed by atoms with Gasteiger partial charge in [-0.05, 0) is 11.1 Å². The first kappa shape index (κ1) is 13.8. The van der Waals surface area contributed by atoms with Gasteiger partial charge in [-0.25, -0.2) is 4.98 Å². The van der Waals surface area contributed by atoms with E-state index in [4.69, 9.17) is 16.7 Å². The number of aliphatic hydroxyl groups is 1. The van der Waals surface area contributed by atoms with Crippen molar-refractivity contribution in [1.29, 1.82) is 0 Å². The molecular formula is C14H15ClN2O2. The number of benzene rings is 1. The third-order valence-electron chi connectivity index (χ3n) is 2.92. The molecule has 19 heavy (non-hydrogen) atoms. The average molecular weight is 279 g/mol. The molecule has 0 atom stereocenters. The zero-order valence-electron chi connectivity index (χ0n) is 10.6. The summed E-state index contributed by atoms with van der Waals surface area (Å²) in [6, 6.07) is 8.80. The van der Waals surface area contributed by atoms with E-state index in [-0.39, 0.29) is 17.3 Å². The minimum Gasteiger partial charge on any atom is -0.392 e. The monoisotopic (exact) mass is 278 g/mol. The number of rotatable bonds is 4. The van der Waals surface area contributed by atoms with E-state index in [1.807, 2.05) is 31.2 Å². The van der Waals surface area contributed by atoms with Crippen LogP contribution in [0, 0.1) is 0 Å². The van der Waals surface area contributed by atoms with Crippen LogP contribution in [0.2, 0.25) is 5.15 Å². The standard InChI is InChI=1S/C14H15ClN2O2/c1-2-13-16-12(15)7-14(19)17(13)8-10-3-5-11(9-18)6-4-10/h3-7,18H,2,8-9H2,1H3. The molecule has 1 aromatic carbocycles. The number of hydrogen-bond acceptors (Lipinski definition) is 3. The van der Waals surface area contributed by atoms with Crippen molar-refractivity contribution in [1.82, 2.24) is 9.55 Å². The van der Waals surface area contributed by atoms with Gasteiger partial charge in [0.05, 0.1) is 13.2 Å². The summed E-state index contributed by atoms with van der Waals surface area (Å²) in [4.78, 5) is 16.1. The van der Waals surface area contributed by atoms with E-state index in [0.29, 0.717) is 18.8 Å². The molecule has 1 aromatic heterocycles. The van der Waals surface area contributed by atoms with Crippen molar-refractivity contribution in [2.75, 3.05) is 0 Å². The van der Waals surface area contributed by atoms with Gasteiger partial charge in [-0.1, -0.05) is 42.8 Å². The van der Waals surface area contributed by atoms with Gasteiger partial charge in [0.25, 0.3) is 5.56 Å². The van der Waals surface area contributed by atoms with Crippen molar-refractivity contribution in [3.8, 4) is 0 Å². The van der Waals surface area contributed by atoms with E-state index in [0.717, 1.165) is 11.1 Å². The first-order chi connectivity index (χ1) is 9.13. The predicted molar refractivity (Wildman–Crippen MR) is 74.4 cm³/mol. The fourth-order valence-corrected chi connectivity index (χ4v) is 2.09. The summed E-state index contributed by atoms with van der Waals surface area (Å²) in [6.07, 6.45) is 0.643. The van der Waals surface area contributed by atoms with Crippen molar-refractivity contribution in [3.05, 3.63) is 62.8 Å². The fraction of sp³-hybridized carbons (Fsp3) is 0.286. The van der Waals surface area contributed by atoms with Gasteiger partial charge in [-0.15, -0.1) is 0 Å². The summed E-state index contributed by atoms with van der Waals surface area (Å²) < 4.78 is 1.61. The number of aromatic nitrogens is 2. The van der Waals surface area contributed by atoms with E-state index in [9.17, 15) is 4.79 Å².